The molecule has 19 heavy (non-hydrogen) atoms. The highest BCUT2D eigenvalue weighted by molar-refractivity contribution is 7.92. The van der Waals surface area contributed by atoms with Crippen LogP contribution in [0.1, 0.15) is 11.1 Å². The lowest BCUT2D eigenvalue weighted by molar-refractivity contribution is 0.594. The van der Waals surface area contributed by atoms with Crippen LogP contribution in [0, 0.1) is 24.1 Å². The molecule has 6 nitrogen and oxygen atoms in total. The van der Waals surface area contributed by atoms with Crippen LogP contribution >= 0.6 is 0 Å². The molecule has 0 radical (unpaired) electrons. The number of hydrogen-bond donors (Lipinski definition) is 2. The highest BCUT2D eigenvalue weighted by Gasteiger charge is 2.20. The van der Waals surface area contributed by atoms with Crippen LogP contribution in [0.2, 0.25) is 0 Å². The molecule has 0 bridgehead atoms. The first kappa shape index (κ1) is 13.0. The molecule has 0 fully saturated rings. The van der Waals surface area contributed by atoms with E-state index in [1.807, 2.05) is 0 Å². The van der Waals surface area contributed by atoms with Gasteiger partial charge in [-0.2, -0.15) is 10.4 Å². The van der Waals surface area contributed by atoms with Crippen molar-refractivity contribution in [1.29, 1.82) is 5.26 Å². The van der Waals surface area contributed by atoms with Gasteiger partial charge in [0.2, 0.25) is 0 Å². The summed E-state index contributed by atoms with van der Waals surface area (Å²) in [5.74, 6) is -0.706. The SMILES string of the molecule is Cc1ccc(F)cc1S(=O)(=O)Nc1[nH]ncc1C#N. The van der Waals surface area contributed by atoms with Crippen molar-refractivity contribution >= 4 is 15.8 Å². The number of aromatic nitrogens is 2. The van der Waals surface area contributed by atoms with E-state index in [-0.39, 0.29) is 16.3 Å². The summed E-state index contributed by atoms with van der Waals surface area (Å²) in [6.07, 6.45) is 1.19. The zero-order valence-electron chi connectivity index (χ0n) is 9.81. The Bertz CT molecular complexity index is 761. The molecule has 8 heteroatoms. The number of nitrogens with zero attached hydrogens (tertiary/aromatic N) is 2. The predicted molar refractivity (Wildman–Crippen MR) is 65.2 cm³/mol. The van der Waals surface area contributed by atoms with Crippen molar-refractivity contribution in [2.75, 3.05) is 4.72 Å². The molecule has 0 saturated carbocycles. The van der Waals surface area contributed by atoms with Gasteiger partial charge in [0.1, 0.15) is 17.4 Å². The van der Waals surface area contributed by atoms with Crippen molar-refractivity contribution < 1.29 is 12.8 Å². The Morgan fingerprint density at radius 1 is 1.47 bits per heavy atom. The number of anilines is 1. The summed E-state index contributed by atoms with van der Waals surface area (Å²) < 4.78 is 39.5. The molecule has 0 amide bonds. The number of halogens is 1. The average Bonchev–Trinajstić information content (AvgIpc) is 2.78. The van der Waals surface area contributed by atoms with Crippen LogP contribution < -0.4 is 4.72 Å². The molecule has 2 N–H and O–H groups in total. The molecule has 0 unspecified atom stereocenters. The van der Waals surface area contributed by atoms with Gasteiger partial charge in [0.25, 0.3) is 10.0 Å². The number of H-pyrrole nitrogens is 1. The second-order valence-electron chi connectivity index (χ2n) is 3.79. The van der Waals surface area contributed by atoms with Gasteiger partial charge in [0.15, 0.2) is 5.82 Å². The van der Waals surface area contributed by atoms with Gasteiger partial charge in [0, 0.05) is 0 Å². The van der Waals surface area contributed by atoms with Gasteiger partial charge >= 0.3 is 0 Å². The molecule has 0 aliphatic carbocycles. The molecule has 1 aromatic carbocycles. The quantitative estimate of drug-likeness (QED) is 0.890. The third-order valence-corrected chi connectivity index (χ3v) is 3.93. The van der Waals surface area contributed by atoms with E-state index in [1.165, 1.54) is 18.3 Å². The van der Waals surface area contributed by atoms with Crippen molar-refractivity contribution in [1.82, 2.24) is 10.2 Å². The maximum Gasteiger partial charge on any atom is 0.263 e. The maximum atomic E-state index is 13.1. The van der Waals surface area contributed by atoms with Crippen LogP contribution in [0.4, 0.5) is 10.2 Å². The number of aryl methyl sites for hydroxylation is 1. The molecule has 0 aliphatic heterocycles. The lowest BCUT2D eigenvalue weighted by Gasteiger charge is -2.09. The molecule has 2 rings (SSSR count). The van der Waals surface area contributed by atoms with Crippen molar-refractivity contribution in [2.24, 2.45) is 0 Å². The average molecular weight is 280 g/mol. The summed E-state index contributed by atoms with van der Waals surface area (Å²) in [5, 5.41) is 14.7. The fourth-order valence-corrected chi connectivity index (χ4v) is 2.80. The van der Waals surface area contributed by atoms with Crippen LogP contribution in [-0.4, -0.2) is 18.6 Å². The molecule has 98 valence electrons. The summed E-state index contributed by atoms with van der Waals surface area (Å²) in [6.45, 7) is 1.55. The summed E-state index contributed by atoms with van der Waals surface area (Å²) in [5.41, 5.74) is 0.449. The Morgan fingerprint density at radius 3 is 2.89 bits per heavy atom. The van der Waals surface area contributed by atoms with Crippen molar-refractivity contribution in [2.45, 2.75) is 11.8 Å². The normalized spacial score (nSPS) is 11.0. The van der Waals surface area contributed by atoms with Gasteiger partial charge in [-0.05, 0) is 24.6 Å². The molecule has 0 atom stereocenters. The zero-order valence-corrected chi connectivity index (χ0v) is 10.6. The summed E-state index contributed by atoms with van der Waals surface area (Å²) in [7, 11) is -3.98. The Kier molecular flexibility index (Phi) is 3.23. The number of nitrogens with one attached hydrogen (secondary N) is 2. The number of benzene rings is 1. The topological polar surface area (TPSA) is 98.6 Å². The second kappa shape index (κ2) is 4.70. The minimum absolute atomic E-state index is 0.0499. The summed E-state index contributed by atoms with van der Waals surface area (Å²) >= 11 is 0. The van der Waals surface area contributed by atoms with Crippen LogP contribution in [-0.2, 0) is 10.0 Å². The van der Waals surface area contributed by atoms with Gasteiger partial charge in [-0.3, -0.25) is 9.82 Å². The van der Waals surface area contributed by atoms with Crippen LogP contribution in [0.5, 0.6) is 0 Å². The largest absolute Gasteiger partial charge is 0.263 e. The van der Waals surface area contributed by atoms with Gasteiger partial charge < -0.3 is 0 Å². The first-order valence-electron chi connectivity index (χ1n) is 5.16. The van der Waals surface area contributed by atoms with Gasteiger partial charge in [0.05, 0.1) is 11.1 Å². The Hall–Kier alpha value is -2.40. The Morgan fingerprint density at radius 2 is 2.21 bits per heavy atom. The van der Waals surface area contributed by atoms with E-state index >= 15 is 0 Å². The molecular formula is C11H9FN4O2S. The fraction of sp³-hybridized carbons (Fsp3) is 0.0909. The highest BCUT2D eigenvalue weighted by atomic mass is 32.2. The first-order valence-corrected chi connectivity index (χ1v) is 6.65. The molecule has 1 aromatic heterocycles. The second-order valence-corrected chi connectivity index (χ2v) is 5.44. The molecule has 0 spiro atoms. The van der Waals surface area contributed by atoms with E-state index in [4.69, 9.17) is 5.26 Å². The molecule has 0 saturated heterocycles. The standard InChI is InChI=1S/C11H9FN4O2S/c1-7-2-3-9(12)4-10(7)19(17,18)16-11-8(5-13)6-14-15-11/h2-4,6H,1H3,(H2,14,15,16). The fourth-order valence-electron chi connectivity index (χ4n) is 1.50. The van der Waals surface area contributed by atoms with E-state index < -0.39 is 15.8 Å². The van der Waals surface area contributed by atoms with E-state index in [1.54, 1.807) is 13.0 Å². The zero-order chi connectivity index (χ0) is 14.0. The lowest BCUT2D eigenvalue weighted by atomic mass is 10.2. The molecule has 0 aliphatic rings. The van der Waals surface area contributed by atoms with Crippen LogP contribution in [0.15, 0.2) is 29.3 Å². The Labute approximate surface area is 108 Å². The minimum atomic E-state index is -3.98. The van der Waals surface area contributed by atoms with Crippen molar-refractivity contribution in [3.8, 4) is 6.07 Å². The first-order chi connectivity index (χ1) is 8.94. The van der Waals surface area contributed by atoms with E-state index in [0.29, 0.717) is 5.56 Å². The molecule has 1 heterocycles. The van der Waals surface area contributed by atoms with E-state index in [9.17, 15) is 12.8 Å². The number of nitriles is 1. The lowest BCUT2D eigenvalue weighted by Crippen LogP contribution is -2.15. The van der Waals surface area contributed by atoms with Crippen LogP contribution in [0.25, 0.3) is 0 Å². The molecular weight excluding hydrogens is 271 g/mol. The van der Waals surface area contributed by atoms with Crippen LogP contribution in [0.3, 0.4) is 0 Å². The van der Waals surface area contributed by atoms with Crippen molar-refractivity contribution in [3.05, 3.63) is 41.3 Å². The number of rotatable bonds is 3. The predicted octanol–water partition coefficient (Wildman–Crippen LogP) is 1.53. The van der Waals surface area contributed by atoms with Crippen molar-refractivity contribution in [3.63, 3.8) is 0 Å². The van der Waals surface area contributed by atoms with Gasteiger partial charge in [-0.1, -0.05) is 6.07 Å². The number of sulfonamides is 1. The summed E-state index contributed by atoms with van der Waals surface area (Å²) in [6, 6.07) is 5.23. The number of aromatic amines is 1. The highest BCUT2D eigenvalue weighted by Crippen LogP contribution is 2.20. The van der Waals surface area contributed by atoms with E-state index in [0.717, 1.165) is 6.07 Å². The Balaban J connectivity index is 2.44. The smallest absolute Gasteiger partial charge is 0.263 e. The maximum absolute atomic E-state index is 13.1. The summed E-state index contributed by atoms with van der Waals surface area (Å²) in [4.78, 5) is -0.189. The third kappa shape index (κ3) is 2.56. The number of hydrogen-bond acceptors (Lipinski definition) is 4. The van der Waals surface area contributed by atoms with Gasteiger partial charge in [-0.15, -0.1) is 0 Å². The third-order valence-electron chi connectivity index (χ3n) is 2.44. The van der Waals surface area contributed by atoms with Gasteiger partial charge in [-0.25, -0.2) is 12.8 Å². The minimum Gasteiger partial charge on any atom is -0.263 e. The molecule has 2 aromatic rings. The monoisotopic (exact) mass is 280 g/mol. The van der Waals surface area contributed by atoms with E-state index in [2.05, 4.69) is 14.9 Å².